The molecule has 0 aliphatic carbocycles. The van der Waals surface area contributed by atoms with E-state index in [1.165, 1.54) is 0 Å². The highest BCUT2D eigenvalue weighted by atomic mass is 16.2. The average Bonchev–Trinajstić information content (AvgIpc) is 2.15. The monoisotopic (exact) mass is 166 g/mol. The minimum Gasteiger partial charge on any atom is -0.396 e. The van der Waals surface area contributed by atoms with Crippen molar-refractivity contribution in [2.75, 3.05) is 6.61 Å². The van der Waals surface area contributed by atoms with Gasteiger partial charge in [-0.05, 0) is 24.5 Å². The maximum Gasteiger partial charge on any atom is 0.0431 e. The van der Waals surface area contributed by atoms with E-state index in [1.54, 1.807) is 12.4 Å². The van der Waals surface area contributed by atoms with Crippen molar-refractivity contribution in [2.24, 2.45) is 5.73 Å². The first kappa shape index (κ1) is 9.16. The summed E-state index contributed by atoms with van der Waals surface area (Å²) in [7, 11) is 0. The quantitative estimate of drug-likeness (QED) is 0.697. The minimum absolute atomic E-state index is 0.00542. The Kier molecular flexibility index (Phi) is 3.70. The van der Waals surface area contributed by atoms with Crippen LogP contribution in [0.15, 0.2) is 24.5 Å². The van der Waals surface area contributed by atoms with Gasteiger partial charge in [0.2, 0.25) is 0 Å². The van der Waals surface area contributed by atoms with Gasteiger partial charge in [-0.1, -0.05) is 6.07 Å². The highest BCUT2D eigenvalue weighted by molar-refractivity contribution is 5.12. The summed E-state index contributed by atoms with van der Waals surface area (Å²) < 4.78 is 0. The molecule has 1 aromatic heterocycles. The van der Waals surface area contributed by atoms with E-state index in [9.17, 15) is 0 Å². The highest BCUT2D eigenvalue weighted by Crippen LogP contribution is 2.13. The molecule has 0 aromatic carbocycles. The number of hydrogen-bond acceptors (Lipinski definition) is 3. The number of nitrogens with two attached hydrogens (primary N) is 1. The molecule has 0 fully saturated rings. The molecule has 0 aliphatic rings. The Morgan fingerprint density at radius 2 is 2.42 bits per heavy atom. The SMILES string of the molecule is NC(CCCO)c1cccnc1. The summed E-state index contributed by atoms with van der Waals surface area (Å²) >= 11 is 0. The second-order valence-electron chi connectivity index (χ2n) is 2.76. The molecule has 3 N–H and O–H groups in total. The van der Waals surface area contributed by atoms with Gasteiger partial charge in [0.15, 0.2) is 0 Å². The number of nitrogens with zero attached hydrogens (tertiary/aromatic N) is 1. The Hall–Kier alpha value is -0.930. The van der Waals surface area contributed by atoms with Crippen LogP contribution in [0, 0.1) is 0 Å². The highest BCUT2D eigenvalue weighted by Gasteiger charge is 2.03. The minimum atomic E-state index is 0.00542. The third-order valence-electron chi connectivity index (χ3n) is 1.79. The second kappa shape index (κ2) is 4.85. The van der Waals surface area contributed by atoms with Gasteiger partial charge in [-0.3, -0.25) is 4.98 Å². The van der Waals surface area contributed by atoms with E-state index < -0.39 is 0 Å². The Bertz CT molecular complexity index is 213. The Labute approximate surface area is 72.2 Å². The predicted molar refractivity (Wildman–Crippen MR) is 47.5 cm³/mol. The molecule has 0 radical (unpaired) electrons. The largest absolute Gasteiger partial charge is 0.396 e. The van der Waals surface area contributed by atoms with Crippen LogP contribution in [0.3, 0.4) is 0 Å². The van der Waals surface area contributed by atoms with Crippen LogP contribution < -0.4 is 5.73 Å². The third kappa shape index (κ3) is 2.60. The predicted octanol–water partition coefficient (Wildman–Crippen LogP) is 0.854. The topological polar surface area (TPSA) is 59.1 Å². The molecule has 0 spiro atoms. The first-order valence-electron chi connectivity index (χ1n) is 4.11. The fourth-order valence-electron chi connectivity index (χ4n) is 1.07. The molecule has 66 valence electrons. The summed E-state index contributed by atoms with van der Waals surface area (Å²) in [4.78, 5) is 3.97. The zero-order valence-electron chi connectivity index (χ0n) is 6.98. The van der Waals surface area contributed by atoms with Crippen molar-refractivity contribution in [3.05, 3.63) is 30.1 Å². The van der Waals surface area contributed by atoms with Crippen LogP contribution in [-0.2, 0) is 0 Å². The van der Waals surface area contributed by atoms with Crippen molar-refractivity contribution in [1.29, 1.82) is 0 Å². The zero-order chi connectivity index (χ0) is 8.81. The van der Waals surface area contributed by atoms with Crippen LogP contribution in [0.2, 0.25) is 0 Å². The maximum atomic E-state index is 8.59. The lowest BCUT2D eigenvalue weighted by Crippen LogP contribution is -2.10. The number of rotatable bonds is 4. The molecule has 3 nitrogen and oxygen atoms in total. The molecule has 0 bridgehead atoms. The maximum absolute atomic E-state index is 8.59. The van der Waals surface area contributed by atoms with Crippen LogP contribution in [0.25, 0.3) is 0 Å². The van der Waals surface area contributed by atoms with Crippen molar-refractivity contribution in [3.8, 4) is 0 Å². The molecule has 1 rings (SSSR count). The molecule has 0 saturated heterocycles. The number of aromatic nitrogens is 1. The smallest absolute Gasteiger partial charge is 0.0431 e. The summed E-state index contributed by atoms with van der Waals surface area (Å²) in [6, 6.07) is 3.83. The van der Waals surface area contributed by atoms with Gasteiger partial charge < -0.3 is 10.8 Å². The number of hydrogen-bond donors (Lipinski definition) is 2. The normalized spacial score (nSPS) is 12.8. The zero-order valence-corrected chi connectivity index (χ0v) is 6.98. The molecule has 3 heteroatoms. The first-order valence-corrected chi connectivity index (χ1v) is 4.11. The van der Waals surface area contributed by atoms with Crippen molar-refractivity contribution >= 4 is 0 Å². The van der Waals surface area contributed by atoms with Gasteiger partial charge in [-0.15, -0.1) is 0 Å². The molecule has 1 heterocycles. The van der Waals surface area contributed by atoms with Crippen molar-refractivity contribution in [2.45, 2.75) is 18.9 Å². The fraction of sp³-hybridized carbons (Fsp3) is 0.444. The van der Waals surface area contributed by atoms with Gasteiger partial charge >= 0.3 is 0 Å². The molecule has 1 aromatic rings. The van der Waals surface area contributed by atoms with Gasteiger partial charge in [0, 0.05) is 25.0 Å². The summed E-state index contributed by atoms with van der Waals surface area (Å²) in [6.45, 7) is 0.202. The van der Waals surface area contributed by atoms with Gasteiger partial charge in [-0.2, -0.15) is 0 Å². The number of pyridine rings is 1. The molecule has 12 heavy (non-hydrogen) atoms. The lowest BCUT2D eigenvalue weighted by Gasteiger charge is -2.09. The number of aliphatic hydroxyl groups is 1. The van der Waals surface area contributed by atoms with Crippen molar-refractivity contribution < 1.29 is 5.11 Å². The summed E-state index contributed by atoms with van der Waals surface area (Å²) in [5.74, 6) is 0. The molecular weight excluding hydrogens is 152 g/mol. The Morgan fingerprint density at radius 3 is 3.00 bits per heavy atom. The van der Waals surface area contributed by atoms with E-state index in [4.69, 9.17) is 10.8 Å². The first-order chi connectivity index (χ1) is 5.84. The fourth-order valence-corrected chi connectivity index (χ4v) is 1.07. The Balaban J connectivity index is 2.48. The lowest BCUT2D eigenvalue weighted by molar-refractivity contribution is 0.280. The van der Waals surface area contributed by atoms with Gasteiger partial charge in [0.25, 0.3) is 0 Å². The van der Waals surface area contributed by atoms with E-state index in [-0.39, 0.29) is 12.6 Å². The molecule has 1 unspecified atom stereocenters. The summed E-state index contributed by atoms with van der Waals surface area (Å²) in [6.07, 6.45) is 5.04. The number of aliphatic hydroxyl groups excluding tert-OH is 1. The molecule has 0 amide bonds. The lowest BCUT2D eigenvalue weighted by atomic mass is 10.1. The second-order valence-corrected chi connectivity index (χ2v) is 2.76. The Morgan fingerprint density at radius 1 is 1.58 bits per heavy atom. The van der Waals surface area contributed by atoms with E-state index in [0.717, 1.165) is 18.4 Å². The van der Waals surface area contributed by atoms with Crippen LogP contribution in [0.5, 0.6) is 0 Å². The summed E-state index contributed by atoms with van der Waals surface area (Å²) in [5.41, 5.74) is 6.86. The third-order valence-corrected chi connectivity index (χ3v) is 1.79. The van der Waals surface area contributed by atoms with Crippen LogP contribution in [-0.4, -0.2) is 16.7 Å². The molecule has 0 saturated carbocycles. The van der Waals surface area contributed by atoms with Gasteiger partial charge in [-0.25, -0.2) is 0 Å². The van der Waals surface area contributed by atoms with E-state index in [0.29, 0.717) is 0 Å². The van der Waals surface area contributed by atoms with Crippen LogP contribution in [0.4, 0.5) is 0 Å². The molecular formula is C9H14N2O. The summed E-state index contributed by atoms with van der Waals surface area (Å²) in [5, 5.41) is 8.59. The average molecular weight is 166 g/mol. The molecule has 0 aliphatic heterocycles. The molecule has 1 atom stereocenters. The van der Waals surface area contributed by atoms with E-state index >= 15 is 0 Å². The van der Waals surface area contributed by atoms with Gasteiger partial charge in [0.1, 0.15) is 0 Å². The van der Waals surface area contributed by atoms with Gasteiger partial charge in [0.05, 0.1) is 0 Å². The van der Waals surface area contributed by atoms with Crippen LogP contribution >= 0.6 is 0 Å². The van der Waals surface area contributed by atoms with Crippen molar-refractivity contribution in [3.63, 3.8) is 0 Å². The van der Waals surface area contributed by atoms with Crippen LogP contribution in [0.1, 0.15) is 24.4 Å². The van der Waals surface area contributed by atoms with E-state index in [1.807, 2.05) is 12.1 Å². The standard InChI is InChI=1S/C9H14N2O/c10-9(4-2-6-12)8-3-1-5-11-7-8/h1,3,5,7,9,12H,2,4,6,10H2. The van der Waals surface area contributed by atoms with E-state index in [2.05, 4.69) is 4.98 Å². The van der Waals surface area contributed by atoms with Crippen molar-refractivity contribution in [1.82, 2.24) is 4.98 Å².